The number of rotatable bonds is 6. The molecule has 0 radical (unpaired) electrons. The Morgan fingerprint density at radius 1 is 1.23 bits per heavy atom. The van der Waals surface area contributed by atoms with E-state index in [2.05, 4.69) is 24.0 Å². The maximum absolute atomic E-state index is 12.6. The number of ether oxygens (including phenoxy) is 1. The zero-order valence-electron chi connectivity index (χ0n) is 14.0. The van der Waals surface area contributed by atoms with Crippen molar-refractivity contribution in [3.05, 3.63) is 35.9 Å². The van der Waals surface area contributed by atoms with E-state index in [9.17, 15) is 4.79 Å². The van der Waals surface area contributed by atoms with Gasteiger partial charge in [-0.05, 0) is 32.4 Å². The molecular formula is C18H28N2O2. The van der Waals surface area contributed by atoms with E-state index in [0.29, 0.717) is 19.6 Å². The molecule has 4 nitrogen and oxygen atoms in total. The number of nitrogens with zero attached hydrogens (tertiary/aromatic N) is 2. The third-order valence-corrected chi connectivity index (χ3v) is 3.92. The zero-order chi connectivity index (χ0) is 15.9. The highest BCUT2D eigenvalue weighted by molar-refractivity contribution is 5.78. The van der Waals surface area contributed by atoms with Gasteiger partial charge in [0.2, 0.25) is 5.91 Å². The highest BCUT2D eigenvalue weighted by Gasteiger charge is 2.26. The van der Waals surface area contributed by atoms with Crippen LogP contribution < -0.4 is 0 Å². The minimum absolute atomic E-state index is 0.126. The van der Waals surface area contributed by atoms with Gasteiger partial charge in [0.25, 0.3) is 0 Å². The van der Waals surface area contributed by atoms with Crippen LogP contribution >= 0.6 is 0 Å². The van der Waals surface area contributed by atoms with Crippen LogP contribution in [0.5, 0.6) is 0 Å². The lowest BCUT2D eigenvalue weighted by atomic mass is 10.2. The minimum Gasteiger partial charge on any atom is -0.372 e. The highest BCUT2D eigenvalue weighted by Crippen LogP contribution is 2.12. The lowest BCUT2D eigenvalue weighted by Gasteiger charge is -2.36. The first kappa shape index (κ1) is 17.0. The van der Waals surface area contributed by atoms with Crippen molar-refractivity contribution in [1.82, 2.24) is 9.80 Å². The molecule has 2 unspecified atom stereocenters. The monoisotopic (exact) mass is 304 g/mol. The standard InChI is InChI=1S/C18H28N2O2/c1-4-10-19(13-17-8-6-5-7-9-17)14-18(21)20-11-15(2)22-16(3)12-20/h5-9,15-16H,4,10-14H2,1-3H3. The molecule has 4 heteroatoms. The molecular weight excluding hydrogens is 276 g/mol. The number of amides is 1. The fourth-order valence-corrected chi connectivity index (χ4v) is 3.04. The average molecular weight is 304 g/mol. The first-order valence-electron chi connectivity index (χ1n) is 8.28. The van der Waals surface area contributed by atoms with Crippen LogP contribution in [0, 0.1) is 0 Å². The molecule has 1 aromatic carbocycles. The predicted octanol–water partition coefficient (Wildman–Crippen LogP) is 2.53. The third kappa shape index (κ3) is 5.11. The van der Waals surface area contributed by atoms with Crippen molar-refractivity contribution in [1.29, 1.82) is 0 Å². The Balaban J connectivity index is 1.93. The number of carbonyl (C=O) groups excluding carboxylic acids is 1. The van der Waals surface area contributed by atoms with Gasteiger partial charge in [-0.25, -0.2) is 0 Å². The van der Waals surface area contributed by atoms with E-state index in [0.717, 1.165) is 19.5 Å². The van der Waals surface area contributed by atoms with Crippen LogP contribution in [0.2, 0.25) is 0 Å². The molecule has 2 atom stereocenters. The molecule has 1 amide bonds. The van der Waals surface area contributed by atoms with Gasteiger partial charge in [0, 0.05) is 19.6 Å². The summed E-state index contributed by atoms with van der Waals surface area (Å²) >= 11 is 0. The number of carbonyl (C=O) groups is 1. The van der Waals surface area contributed by atoms with E-state index >= 15 is 0 Å². The Bertz CT molecular complexity index is 453. The fourth-order valence-electron chi connectivity index (χ4n) is 3.04. The summed E-state index contributed by atoms with van der Waals surface area (Å²) in [7, 11) is 0. The van der Waals surface area contributed by atoms with Crippen LogP contribution in [0.3, 0.4) is 0 Å². The van der Waals surface area contributed by atoms with E-state index in [4.69, 9.17) is 4.74 Å². The summed E-state index contributed by atoms with van der Waals surface area (Å²) in [5.74, 6) is 0.214. The van der Waals surface area contributed by atoms with Gasteiger partial charge in [0.15, 0.2) is 0 Å². The molecule has 0 spiro atoms. The van der Waals surface area contributed by atoms with Gasteiger partial charge in [0.05, 0.1) is 18.8 Å². The van der Waals surface area contributed by atoms with E-state index < -0.39 is 0 Å². The van der Waals surface area contributed by atoms with Crippen molar-refractivity contribution in [2.75, 3.05) is 26.2 Å². The van der Waals surface area contributed by atoms with Gasteiger partial charge in [-0.2, -0.15) is 0 Å². The second-order valence-corrected chi connectivity index (χ2v) is 6.25. The van der Waals surface area contributed by atoms with Crippen molar-refractivity contribution < 1.29 is 9.53 Å². The number of benzene rings is 1. The number of hydrogen-bond acceptors (Lipinski definition) is 3. The Hall–Kier alpha value is -1.39. The molecule has 0 saturated carbocycles. The molecule has 1 heterocycles. The van der Waals surface area contributed by atoms with E-state index in [-0.39, 0.29) is 18.1 Å². The van der Waals surface area contributed by atoms with Gasteiger partial charge in [0.1, 0.15) is 0 Å². The maximum Gasteiger partial charge on any atom is 0.236 e. The summed E-state index contributed by atoms with van der Waals surface area (Å²) in [5.41, 5.74) is 1.26. The predicted molar refractivity (Wildman–Crippen MR) is 88.6 cm³/mol. The van der Waals surface area contributed by atoms with Gasteiger partial charge >= 0.3 is 0 Å². The summed E-state index contributed by atoms with van der Waals surface area (Å²) in [5, 5.41) is 0. The molecule has 0 aliphatic carbocycles. The molecule has 2 rings (SSSR count). The molecule has 22 heavy (non-hydrogen) atoms. The van der Waals surface area contributed by atoms with E-state index in [1.807, 2.05) is 36.9 Å². The molecule has 122 valence electrons. The molecule has 1 aliphatic heterocycles. The smallest absolute Gasteiger partial charge is 0.236 e. The quantitative estimate of drug-likeness (QED) is 0.809. The summed E-state index contributed by atoms with van der Waals surface area (Å²) < 4.78 is 5.71. The van der Waals surface area contributed by atoms with Crippen molar-refractivity contribution in [3.63, 3.8) is 0 Å². The van der Waals surface area contributed by atoms with Crippen molar-refractivity contribution >= 4 is 5.91 Å². The topological polar surface area (TPSA) is 32.8 Å². The molecule has 1 aliphatic rings. The maximum atomic E-state index is 12.6. The third-order valence-electron chi connectivity index (χ3n) is 3.92. The summed E-state index contributed by atoms with van der Waals surface area (Å²) in [6.45, 7) is 9.88. The second-order valence-electron chi connectivity index (χ2n) is 6.25. The molecule has 1 saturated heterocycles. The Kier molecular flexibility index (Phi) is 6.40. The van der Waals surface area contributed by atoms with Crippen molar-refractivity contribution in [2.45, 2.75) is 45.9 Å². The van der Waals surface area contributed by atoms with Gasteiger partial charge in [-0.15, -0.1) is 0 Å². The first-order valence-corrected chi connectivity index (χ1v) is 8.28. The first-order chi connectivity index (χ1) is 10.6. The van der Waals surface area contributed by atoms with Crippen molar-refractivity contribution in [2.24, 2.45) is 0 Å². The fraction of sp³-hybridized carbons (Fsp3) is 0.611. The largest absolute Gasteiger partial charge is 0.372 e. The van der Waals surface area contributed by atoms with Crippen molar-refractivity contribution in [3.8, 4) is 0 Å². The second kappa shape index (κ2) is 8.30. The lowest BCUT2D eigenvalue weighted by Crippen LogP contribution is -2.51. The number of morpholine rings is 1. The van der Waals surface area contributed by atoms with Crippen LogP contribution in [0.1, 0.15) is 32.8 Å². The Morgan fingerprint density at radius 2 is 1.86 bits per heavy atom. The van der Waals surface area contributed by atoms with Crippen LogP contribution in [-0.2, 0) is 16.1 Å². The Morgan fingerprint density at radius 3 is 2.45 bits per heavy atom. The van der Waals surface area contributed by atoms with Crippen LogP contribution in [0.4, 0.5) is 0 Å². The molecule has 0 aromatic heterocycles. The number of hydrogen-bond donors (Lipinski definition) is 0. The zero-order valence-corrected chi connectivity index (χ0v) is 14.0. The van der Waals surface area contributed by atoms with Gasteiger partial charge in [-0.1, -0.05) is 37.3 Å². The summed E-state index contributed by atoms with van der Waals surface area (Å²) in [4.78, 5) is 16.8. The Labute approximate surface area is 134 Å². The normalized spacial score (nSPS) is 22.1. The SMILES string of the molecule is CCCN(CC(=O)N1CC(C)OC(C)C1)Cc1ccccc1. The van der Waals surface area contributed by atoms with Crippen LogP contribution in [0.15, 0.2) is 30.3 Å². The molecule has 0 N–H and O–H groups in total. The molecule has 1 fully saturated rings. The van der Waals surface area contributed by atoms with Crippen LogP contribution in [0.25, 0.3) is 0 Å². The van der Waals surface area contributed by atoms with Crippen LogP contribution in [-0.4, -0.2) is 54.1 Å². The summed E-state index contributed by atoms with van der Waals surface area (Å²) in [6.07, 6.45) is 1.30. The summed E-state index contributed by atoms with van der Waals surface area (Å²) in [6, 6.07) is 10.4. The van der Waals surface area contributed by atoms with Gasteiger partial charge in [-0.3, -0.25) is 9.69 Å². The van der Waals surface area contributed by atoms with E-state index in [1.165, 1.54) is 5.56 Å². The molecule has 0 bridgehead atoms. The minimum atomic E-state index is 0.126. The van der Waals surface area contributed by atoms with Gasteiger partial charge < -0.3 is 9.64 Å². The van der Waals surface area contributed by atoms with E-state index in [1.54, 1.807) is 0 Å². The highest BCUT2D eigenvalue weighted by atomic mass is 16.5. The molecule has 1 aromatic rings. The lowest BCUT2D eigenvalue weighted by molar-refractivity contribution is -0.144. The average Bonchev–Trinajstić information content (AvgIpc) is 2.47.